The van der Waals surface area contributed by atoms with Gasteiger partial charge in [0, 0.05) is 54.4 Å². The summed E-state index contributed by atoms with van der Waals surface area (Å²) in [5, 5.41) is 1.80. The molecule has 2 aromatic carbocycles. The van der Waals surface area contributed by atoms with Crippen LogP contribution in [0.25, 0.3) is 10.9 Å². The first kappa shape index (κ1) is 18.7. The first-order valence-corrected chi connectivity index (χ1v) is 9.75. The van der Waals surface area contributed by atoms with Crippen LogP contribution in [0.4, 0.5) is 11.5 Å². The van der Waals surface area contributed by atoms with Crippen LogP contribution < -0.4 is 19.3 Å². The van der Waals surface area contributed by atoms with Crippen LogP contribution in [-0.2, 0) is 0 Å². The quantitative estimate of drug-likeness (QED) is 0.646. The molecule has 0 unspecified atom stereocenters. The summed E-state index contributed by atoms with van der Waals surface area (Å²) >= 11 is 6.14. The molecule has 6 heteroatoms. The SMILES string of the molecule is COc1cc(OC)c2c(C)cc(N3CCN(c4cccc(Cl)c4)CC3)nc2c1. The third kappa shape index (κ3) is 3.54. The zero-order chi connectivity index (χ0) is 19.7. The molecule has 5 nitrogen and oxygen atoms in total. The maximum absolute atomic E-state index is 6.14. The number of anilines is 2. The summed E-state index contributed by atoms with van der Waals surface area (Å²) in [7, 11) is 3.34. The average molecular weight is 398 g/mol. The summed E-state index contributed by atoms with van der Waals surface area (Å²) in [6, 6.07) is 14.1. The lowest BCUT2D eigenvalue weighted by molar-refractivity contribution is 0.397. The van der Waals surface area contributed by atoms with Gasteiger partial charge in [-0.15, -0.1) is 0 Å². The summed E-state index contributed by atoms with van der Waals surface area (Å²) in [6.45, 7) is 5.78. The van der Waals surface area contributed by atoms with Crippen molar-refractivity contribution in [2.75, 3.05) is 50.2 Å². The Morgan fingerprint density at radius 1 is 0.929 bits per heavy atom. The van der Waals surface area contributed by atoms with E-state index in [1.165, 1.54) is 5.69 Å². The molecule has 0 aliphatic carbocycles. The van der Waals surface area contributed by atoms with Gasteiger partial charge in [0.05, 0.1) is 19.7 Å². The number of aryl methyl sites for hydroxylation is 1. The Morgan fingerprint density at radius 2 is 1.68 bits per heavy atom. The maximum atomic E-state index is 6.14. The van der Waals surface area contributed by atoms with E-state index in [-0.39, 0.29) is 0 Å². The van der Waals surface area contributed by atoms with E-state index in [1.807, 2.05) is 30.3 Å². The molecule has 0 atom stereocenters. The van der Waals surface area contributed by atoms with Gasteiger partial charge in [0.25, 0.3) is 0 Å². The molecular weight excluding hydrogens is 374 g/mol. The van der Waals surface area contributed by atoms with Crippen molar-refractivity contribution in [1.82, 2.24) is 4.98 Å². The second-order valence-corrected chi connectivity index (χ2v) is 7.41. The molecular formula is C22H24ClN3O2. The number of fused-ring (bicyclic) bond motifs is 1. The maximum Gasteiger partial charge on any atom is 0.132 e. The highest BCUT2D eigenvalue weighted by molar-refractivity contribution is 6.30. The molecule has 2 heterocycles. The van der Waals surface area contributed by atoms with Crippen LogP contribution in [0.3, 0.4) is 0 Å². The zero-order valence-corrected chi connectivity index (χ0v) is 17.2. The van der Waals surface area contributed by atoms with Gasteiger partial charge in [-0.3, -0.25) is 0 Å². The van der Waals surface area contributed by atoms with E-state index in [0.717, 1.165) is 65.0 Å². The smallest absolute Gasteiger partial charge is 0.132 e. The number of benzene rings is 2. The number of methoxy groups -OCH3 is 2. The molecule has 0 spiro atoms. The molecule has 28 heavy (non-hydrogen) atoms. The monoisotopic (exact) mass is 397 g/mol. The number of hydrogen-bond donors (Lipinski definition) is 0. The lowest BCUT2D eigenvalue weighted by Crippen LogP contribution is -2.46. The molecule has 0 radical (unpaired) electrons. The molecule has 0 saturated carbocycles. The number of hydrogen-bond acceptors (Lipinski definition) is 5. The predicted octanol–water partition coefficient (Wildman–Crippen LogP) is 4.54. The first-order valence-electron chi connectivity index (χ1n) is 9.38. The molecule has 1 saturated heterocycles. The van der Waals surface area contributed by atoms with Gasteiger partial charge in [0.1, 0.15) is 17.3 Å². The first-order chi connectivity index (χ1) is 13.6. The number of piperazine rings is 1. The van der Waals surface area contributed by atoms with Crippen molar-refractivity contribution >= 4 is 34.0 Å². The third-order valence-corrected chi connectivity index (χ3v) is 5.50. The van der Waals surface area contributed by atoms with E-state index < -0.39 is 0 Å². The minimum absolute atomic E-state index is 0.749. The number of aromatic nitrogens is 1. The van der Waals surface area contributed by atoms with E-state index in [9.17, 15) is 0 Å². The van der Waals surface area contributed by atoms with E-state index in [0.29, 0.717) is 0 Å². The van der Waals surface area contributed by atoms with E-state index in [2.05, 4.69) is 28.9 Å². The van der Waals surface area contributed by atoms with Gasteiger partial charge in [-0.2, -0.15) is 0 Å². The zero-order valence-electron chi connectivity index (χ0n) is 16.4. The van der Waals surface area contributed by atoms with Gasteiger partial charge < -0.3 is 19.3 Å². The lowest BCUT2D eigenvalue weighted by atomic mass is 10.1. The number of halogens is 1. The second kappa shape index (κ2) is 7.76. The van der Waals surface area contributed by atoms with E-state index >= 15 is 0 Å². The molecule has 0 amide bonds. The van der Waals surface area contributed by atoms with Crippen LogP contribution in [0.15, 0.2) is 42.5 Å². The molecule has 1 aliphatic rings. The Kier molecular flexibility index (Phi) is 5.18. The Labute approximate surface area is 170 Å². The van der Waals surface area contributed by atoms with Crippen molar-refractivity contribution in [2.24, 2.45) is 0 Å². The van der Waals surface area contributed by atoms with E-state index in [1.54, 1.807) is 14.2 Å². The lowest BCUT2D eigenvalue weighted by Gasteiger charge is -2.37. The van der Waals surface area contributed by atoms with Crippen LogP contribution >= 0.6 is 11.6 Å². The molecule has 0 N–H and O–H groups in total. The standard InChI is InChI=1S/C22H24ClN3O2/c1-15-11-21(24-19-13-18(27-2)14-20(28-3)22(15)19)26-9-7-25(8-10-26)17-6-4-5-16(23)12-17/h4-6,11-14H,7-10H2,1-3H3. The molecule has 1 fully saturated rings. The average Bonchev–Trinajstić information content (AvgIpc) is 2.72. The molecule has 3 aromatic rings. The van der Waals surface area contributed by atoms with Crippen LogP contribution in [0.2, 0.25) is 5.02 Å². The molecule has 146 valence electrons. The van der Waals surface area contributed by atoms with Gasteiger partial charge >= 0.3 is 0 Å². The minimum atomic E-state index is 0.749. The van der Waals surface area contributed by atoms with Crippen LogP contribution in [-0.4, -0.2) is 45.4 Å². The molecule has 0 bridgehead atoms. The largest absolute Gasteiger partial charge is 0.497 e. The highest BCUT2D eigenvalue weighted by Crippen LogP contribution is 2.34. The number of pyridine rings is 1. The summed E-state index contributed by atoms with van der Waals surface area (Å²) in [5.74, 6) is 2.53. The van der Waals surface area contributed by atoms with Crippen molar-refractivity contribution in [3.05, 3.63) is 53.1 Å². The van der Waals surface area contributed by atoms with Crippen molar-refractivity contribution in [2.45, 2.75) is 6.92 Å². The van der Waals surface area contributed by atoms with Gasteiger partial charge in [0.2, 0.25) is 0 Å². The van der Waals surface area contributed by atoms with Crippen molar-refractivity contribution in [3.63, 3.8) is 0 Å². The number of nitrogens with zero attached hydrogens (tertiary/aromatic N) is 3. The molecule has 1 aliphatic heterocycles. The van der Waals surface area contributed by atoms with E-state index in [4.69, 9.17) is 26.1 Å². The molecule has 4 rings (SSSR count). The number of ether oxygens (including phenoxy) is 2. The second-order valence-electron chi connectivity index (χ2n) is 6.98. The van der Waals surface area contributed by atoms with Crippen molar-refractivity contribution < 1.29 is 9.47 Å². The Hall–Kier alpha value is -2.66. The van der Waals surface area contributed by atoms with Crippen molar-refractivity contribution in [1.29, 1.82) is 0 Å². The van der Waals surface area contributed by atoms with Crippen LogP contribution in [0.5, 0.6) is 11.5 Å². The predicted molar refractivity (Wildman–Crippen MR) is 115 cm³/mol. The Bertz CT molecular complexity index is 1000. The highest BCUT2D eigenvalue weighted by atomic mass is 35.5. The topological polar surface area (TPSA) is 37.8 Å². The minimum Gasteiger partial charge on any atom is -0.497 e. The Morgan fingerprint density at radius 3 is 2.36 bits per heavy atom. The fraction of sp³-hybridized carbons (Fsp3) is 0.318. The number of rotatable bonds is 4. The van der Waals surface area contributed by atoms with Crippen molar-refractivity contribution in [3.8, 4) is 11.5 Å². The third-order valence-electron chi connectivity index (χ3n) is 5.26. The normalized spacial score (nSPS) is 14.4. The highest BCUT2D eigenvalue weighted by Gasteiger charge is 2.20. The van der Waals surface area contributed by atoms with Gasteiger partial charge in [-0.05, 0) is 36.8 Å². The van der Waals surface area contributed by atoms with Gasteiger partial charge in [-0.1, -0.05) is 17.7 Å². The van der Waals surface area contributed by atoms with Crippen LogP contribution in [0, 0.1) is 6.92 Å². The molecule has 1 aromatic heterocycles. The van der Waals surface area contributed by atoms with Gasteiger partial charge in [0.15, 0.2) is 0 Å². The van der Waals surface area contributed by atoms with Crippen LogP contribution in [0.1, 0.15) is 5.56 Å². The fourth-order valence-electron chi connectivity index (χ4n) is 3.79. The summed E-state index contributed by atoms with van der Waals surface area (Å²) in [6.07, 6.45) is 0. The summed E-state index contributed by atoms with van der Waals surface area (Å²) < 4.78 is 11.0. The summed E-state index contributed by atoms with van der Waals surface area (Å²) in [5.41, 5.74) is 3.21. The van der Waals surface area contributed by atoms with Gasteiger partial charge in [-0.25, -0.2) is 4.98 Å². The fourth-order valence-corrected chi connectivity index (χ4v) is 3.97. The summed E-state index contributed by atoms with van der Waals surface area (Å²) in [4.78, 5) is 9.61. The Balaban J connectivity index is 1.60.